The number of carbonyl (C=O) groups is 1. The SMILES string of the molecule is O=CN1CCC(F)(CNC2CC2c2ccccc2)CC1. The van der Waals surface area contributed by atoms with Crippen molar-refractivity contribution >= 4 is 6.41 Å². The lowest BCUT2D eigenvalue weighted by Crippen LogP contribution is -2.47. The van der Waals surface area contributed by atoms with Crippen molar-refractivity contribution in [1.82, 2.24) is 10.2 Å². The maximum Gasteiger partial charge on any atom is 0.209 e. The molecule has 1 saturated heterocycles. The molecule has 4 heteroatoms. The van der Waals surface area contributed by atoms with Gasteiger partial charge in [0.25, 0.3) is 0 Å². The van der Waals surface area contributed by atoms with Gasteiger partial charge in [-0.05, 0) is 12.0 Å². The maximum atomic E-state index is 14.6. The second kappa shape index (κ2) is 5.52. The number of rotatable bonds is 5. The van der Waals surface area contributed by atoms with E-state index in [-0.39, 0.29) is 0 Å². The van der Waals surface area contributed by atoms with Gasteiger partial charge in [-0.15, -0.1) is 0 Å². The molecule has 3 nitrogen and oxygen atoms in total. The monoisotopic (exact) mass is 276 g/mol. The van der Waals surface area contributed by atoms with Crippen LogP contribution in [-0.4, -0.2) is 42.7 Å². The van der Waals surface area contributed by atoms with Crippen LogP contribution in [0.3, 0.4) is 0 Å². The number of nitrogens with one attached hydrogen (secondary N) is 1. The summed E-state index contributed by atoms with van der Waals surface area (Å²) < 4.78 is 14.6. The average molecular weight is 276 g/mol. The number of nitrogens with zero attached hydrogens (tertiary/aromatic N) is 1. The Bertz CT molecular complexity index is 457. The highest BCUT2D eigenvalue weighted by molar-refractivity contribution is 5.47. The minimum Gasteiger partial charge on any atom is -0.345 e. The lowest BCUT2D eigenvalue weighted by Gasteiger charge is -2.34. The molecule has 3 rings (SSSR count). The van der Waals surface area contributed by atoms with Crippen LogP contribution in [-0.2, 0) is 4.79 Å². The molecule has 20 heavy (non-hydrogen) atoms. The standard InChI is InChI=1S/C16H21FN2O/c17-16(6-8-19(12-20)9-7-16)11-18-15-10-14(15)13-4-2-1-3-5-13/h1-5,12,14-15,18H,6-11H2. The minimum atomic E-state index is -1.15. The highest BCUT2D eigenvalue weighted by Crippen LogP contribution is 2.41. The molecule has 0 bridgehead atoms. The molecule has 1 amide bonds. The summed E-state index contributed by atoms with van der Waals surface area (Å²) in [5.74, 6) is 0.537. The molecule has 0 radical (unpaired) electrons. The first kappa shape index (κ1) is 13.6. The van der Waals surface area contributed by atoms with Crippen molar-refractivity contribution in [1.29, 1.82) is 0 Å². The molecule has 1 aromatic carbocycles. The molecule has 1 aliphatic carbocycles. The molecule has 0 spiro atoms. The lowest BCUT2D eigenvalue weighted by molar-refractivity contribution is -0.120. The van der Waals surface area contributed by atoms with Crippen LogP contribution < -0.4 is 5.32 Å². The predicted molar refractivity (Wildman–Crippen MR) is 76.3 cm³/mol. The van der Waals surface area contributed by atoms with Gasteiger partial charge in [-0.25, -0.2) is 4.39 Å². The fourth-order valence-electron chi connectivity index (χ4n) is 3.01. The summed E-state index contributed by atoms with van der Waals surface area (Å²) in [6.45, 7) is 1.48. The number of carbonyl (C=O) groups excluding carboxylic acids is 1. The van der Waals surface area contributed by atoms with Gasteiger partial charge in [0.2, 0.25) is 6.41 Å². The third kappa shape index (κ3) is 3.01. The Kier molecular flexibility index (Phi) is 3.74. The second-order valence-corrected chi connectivity index (χ2v) is 6.03. The number of likely N-dealkylation sites (tertiary alicyclic amines) is 1. The molecular weight excluding hydrogens is 255 g/mol. The van der Waals surface area contributed by atoms with Gasteiger partial charge in [0.15, 0.2) is 0 Å². The Morgan fingerprint density at radius 3 is 2.65 bits per heavy atom. The van der Waals surface area contributed by atoms with Crippen LogP contribution in [0, 0.1) is 0 Å². The Morgan fingerprint density at radius 2 is 2.00 bits per heavy atom. The molecule has 1 saturated carbocycles. The van der Waals surface area contributed by atoms with Gasteiger partial charge < -0.3 is 10.2 Å². The van der Waals surface area contributed by atoms with E-state index >= 15 is 0 Å². The molecular formula is C16H21FN2O. The fraction of sp³-hybridized carbons (Fsp3) is 0.562. The van der Waals surface area contributed by atoms with E-state index in [4.69, 9.17) is 0 Å². The first-order valence-corrected chi connectivity index (χ1v) is 7.37. The van der Waals surface area contributed by atoms with Crippen LogP contribution in [0.2, 0.25) is 0 Å². The Labute approximate surface area is 119 Å². The van der Waals surface area contributed by atoms with Gasteiger partial charge in [0.05, 0.1) is 0 Å². The topological polar surface area (TPSA) is 32.3 Å². The number of amides is 1. The molecule has 2 atom stereocenters. The normalized spacial score (nSPS) is 28.1. The third-order valence-electron chi connectivity index (χ3n) is 4.54. The van der Waals surface area contributed by atoms with Crippen molar-refractivity contribution < 1.29 is 9.18 Å². The van der Waals surface area contributed by atoms with Crippen LogP contribution >= 0.6 is 0 Å². The van der Waals surface area contributed by atoms with Crippen molar-refractivity contribution in [2.45, 2.75) is 36.9 Å². The van der Waals surface area contributed by atoms with Crippen LogP contribution in [0.4, 0.5) is 4.39 Å². The molecule has 2 fully saturated rings. The first-order valence-electron chi connectivity index (χ1n) is 7.37. The summed E-state index contributed by atoms with van der Waals surface area (Å²) in [5, 5.41) is 3.37. The molecule has 1 N–H and O–H groups in total. The van der Waals surface area contributed by atoms with Crippen LogP contribution in [0.5, 0.6) is 0 Å². The van der Waals surface area contributed by atoms with Gasteiger partial charge in [0, 0.05) is 44.4 Å². The number of halogens is 1. The van der Waals surface area contributed by atoms with Crippen LogP contribution in [0.25, 0.3) is 0 Å². The van der Waals surface area contributed by atoms with Gasteiger partial charge in [-0.2, -0.15) is 0 Å². The summed E-state index contributed by atoms with van der Waals surface area (Å²) in [6, 6.07) is 10.8. The molecule has 1 aromatic rings. The summed E-state index contributed by atoms with van der Waals surface area (Å²) >= 11 is 0. The zero-order valence-corrected chi connectivity index (χ0v) is 11.6. The smallest absolute Gasteiger partial charge is 0.209 e. The molecule has 1 heterocycles. The van der Waals surface area contributed by atoms with E-state index in [0.29, 0.717) is 44.4 Å². The summed E-state index contributed by atoms with van der Waals surface area (Å²) in [7, 11) is 0. The Morgan fingerprint density at radius 1 is 1.30 bits per heavy atom. The molecule has 2 aliphatic rings. The lowest BCUT2D eigenvalue weighted by atomic mass is 9.93. The summed E-state index contributed by atoms with van der Waals surface area (Å²) in [6.07, 6.45) is 2.81. The van der Waals surface area contributed by atoms with Crippen molar-refractivity contribution in [3.8, 4) is 0 Å². The number of benzene rings is 1. The average Bonchev–Trinajstić information content (AvgIpc) is 3.27. The van der Waals surface area contributed by atoms with Crippen molar-refractivity contribution in [3.63, 3.8) is 0 Å². The minimum absolute atomic E-state index is 0.410. The molecule has 1 aliphatic heterocycles. The maximum absolute atomic E-state index is 14.6. The van der Waals surface area contributed by atoms with Gasteiger partial charge >= 0.3 is 0 Å². The highest BCUT2D eigenvalue weighted by Gasteiger charge is 2.41. The fourth-order valence-corrected chi connectivity index (χ4v) is 3.01. The van der Waals surface area contributed by atoms with Crippen molar-refractivity contribution in [2.24, 2.45) is 0 Å². The first-order chi connectivity index (χ1) is 9.70. The molecule has 0 aromatic heterocycles. The molecule has 108 valence electrons. The van der Waals surface area contributed by atoms with Gasteiger partial charge in [0.1, 0.15) is 5.67 Å². The number of hydrogen-bond acceptors (Lipinski definition) is 2. The van der Waals surface area contributed by atoms with Crippen LogP contribution in [0.1, 0.15) is 30.7 Å². The van der Waals surface area contributed by atoms with E-state index < -0.39 is 5.67 Å². The van der Waals surface area contributed by atoms with E-state index in [1.165, 1.54) is 5.56 Å². The Balaban J connectivity index is 1.46. The van der Waals surface area contributed by atoms with Gasteiger partial charge in [-0.1, -0.05) is 30.3 Å². The van der Waals surface area contributed by atoms with Gasteiger partial charge in [-0.3, -0.25) is 4.79 Å². The van der Waals surface area contributed by atoms with Crippen molar-refractivity contribution in [2.75, 3.05) is 19.6 Å². The molecule has 2 unspecified atom stereocenters. The Hall–Kier alpha value is -1.42. The largest absolute Gasteiger partial charge is 0.345 e. The van der Waals surface area contributed by atoms with Crippen LogP contribution in [0.15, 0.2) is 30.3 Å². The van der Waals surface area contributed by atoms with E-state index in [2.05, 4.69) is 29.6 Å². The number of alkyl halides is 1. The van der Waals surface area contributed by atoms with E-state index in [1.807, 2.05) is 6.07 Å². The number of hydrogen-bond donors (Lipinski definition) is 1. The van der Waals surface area contributed by atoms with E-state index in [0.717, 1.165) is 12.8 Å². The highest BCUT2D eigenvalue weighted by atomic mass is 19.1. The van der Waals surface area contributed by atoms with E-state index in [1.54, 1.807) is 4.90 Å². The zero-order chi connectivity index (χ0) is 14.0. The summed E-state index contributed by atoms with van der Waals surface area (Å²) in [4.78, 5) is 12.3. The second-order valence-electron chi connectivity index (χ2n) is 6.03. The predicted octanol–water partition coefficient (Wildman–Crippen LogP) is 2.09. The quantitative estimate of drug-likeness (QED) is 0.835. The number of piperidine rings is 1. The zero-order valence-electron chi connectivity index (χ0n) is 11.6. The van der Waals surface area contributed by atoms with E-state index in [9.17, 15) is 9.18 Å². The third-order valence-corrected chi connectivity index (χ3v) is 4.54. The summed E-state index contributed by atoms with van der Waals surface area (Å²) in [5.41, 5.74) is 0.192. The van der Waals surface area contributed by atoms with Crippen molar-refractivity contribution in [3.05, 3.63) is 35.9 Å².